The lowest BCUT2D eigenvalue weighted by atomic mass is 9.76. The van der Waals surface area contributed by atoms with Crippen molar-refractivity contribution in [1.29, 1.82) is 0 Å². The third kappa shape index (κ3) is 4.02. The van der Waals surface area contributed by atoms with Crippen LogP contribution in [0.15, 0.2) is 35.5 Å². The van der Waals surface area contributed by atoms with Gasteiger partial charge in [0.15, 0.2) is 0 Å². The number of hydrazone groups is 1. The summed E-state index contributed by atoms with van der Waals surface area (Å²) in [5.74, 6) is 0.486. The summed E-state index contributed by atoms with van der Waals surface area (Å²) in [4.78, 5) is 41.0. The molecule has 10 heteroatoms. The van der Waals surface area contributed by atoms with E-state index in [1.54, 1.807) is 17.0 Å². The molecular formula is C24H28ClN5O4. The average molecular weight is 486 g/mol. The first kappa shape index (κ1) is 22.7. The number of hydrogen-bond acceptors (Lipinski definition) is 5. The zero-order valence-corrected chi connectivity index (χ0v) is 19.8. The van der Waals surface area contributed by atoms with Crippen LogP contribution in [0.25, 0.3) is 0 Å². The fraction of sp³-hybridized carbons (Fsp3) is 0.500. The third-order valence-electron chi connectivity index (χ3n) is 7.16. The van der Waals surface area contributed by atoms with Gasteiger partial charge in [-0.15, -0.1) is 0 Å². The lowest BCUT2D eigenvalue weighted by molar-refractivity contribution is -0.141. The minimum absolute atomic E-state index is 0.00792. The monoisotopic (exact) mass is 485 g/mol. The van der Waals surface area contributed by atoms with Crippen molar-refractivity contribution in [3.05, 3.63) is 40.9 Å². The van der Waals surface area contributed by atoms with Gasteiger partial charge in [0.25, 0.3) is 0 Å². The van der Waals surface area contributed by atoms with E-state index in [1.807, 2.05) is 18.2 Å². The van der Waals surface area contributed by atoms with Crippen LogP contribution >= 0.6 is 11.6 Å². The number of likely N-dealkylation sites (tertiary alicyclic amines) is 1. The highest BCUT2D eigenvalue weighted by molar-refractivity contribution is 6.32. The molecule has 3 aliphatic heterocycles. The molecule has 9 nitrogen and oxygen atoms in total. The largest absolute Gasteiger partial charge is 0.495 e. The highest BCUT2D eigenvalue weighted by atomic mass is 35.5. The molecule has 0 saturated carbocycles. The van der Waals surface area contributed by atoms with E-state index < -0.39 is 0 Å². The summed E-state index contributed by atoms with van der Waals surface area (Å²) < 4.78 is 5.29. The lowest BCUT2D eigenvalue weighted by Gasteiger charge is -2.42. The van der Waals surface area contributed by atoms with Gasteiger partial charge in [0, 0.05) is 32.1 Å². The van der Waals surface area contributed by atoms with Gasteiger partial charge >= 0.3 is 12.1 Å². The normalized spacial score (nSPS) is 25.2. The van der Waals surface area contributed by atoms with Crippen molar-refractivity contribution in [3.63, 3.8) is 0 Å². The number of halogens is 1. The molecule has 1 aromatic rings. The Morgan fingerprint density at radius 2 is 1.85 bits per heavy atom. The molecular weight excluding hydrogens is 458 g/mol. The maximum atomic E-state index is 13.5. The lowest BCUT2D eigenvalue weighted by Crippen LogP contribution is -2.54. The molecule has 3 heterocycles. The summed E-state index contributed by atoms with van der Waals surface area (Å²) in [5.41, 5.74) is 1.76. The standard InChI is InChI=1S/C24H28ClN5O4/c1-34-20-7-6-15(14-19(20)25)21-17-4-2-3-5-18(17)22(31)30(27-21)16-8-11-28(12-9-16)24(33)29-13-10-26-23(29)32/h2-3,6-7,14,16-18H,4-5,8-13H2,1H3,(H,26,32)/t17-,18+/m1/s1. The van der Waals surface area contributed by atoms with Crippen LogP contribution in [0.4, 0.5) is 9.59 Å². The highest BCUT2D eigenvalue weighted by Crippen LogP contribution is 2.38. The van der Waals surface area contributed by atoms with Crippen LogP contribution in [-0.2, 0) is 4.79 Å². The van der Waals surface area contributed by atoms with E-state index >= 15 is 0 Å². The van der Waals surface area contributed by atoms with Gasteiger partial charge in [-0.25, -0.2) is 19.5 Å². The number of carbonyl (C=O) groups excluding carboxylic acids is 3. The van der Waals surface area contributed by atoms with Crippen molar-refractivity contribution >= 4 is 35.3 Å². The number of fused-ring (bicyclic) bond motifs is 1. The van der Waals surface area contributed by atoms with E-state index in [4.69, 9.17) is 21.4 Å². The van der Waals surface area contributed by atoms with E-state index in [-0.39, 0.29) is 35.8 Å². The molecule has 0 unspecified atom stereocenters. The maximum absolute atomic E-state index is 13.5. The number of rotatable bonds is 3. The third-order valence-corrected chi connectivity index (χ3v) is 7.45. The second-order valence-electron chi connectivity index (χ2n) is 9.06. The van der Waals surface area contributed by atoms with E-state index in [2.05, 4.69) is 17.5 Å². The van der Waals surface area contributed by atoms with Crippen molar-refractivity contribution in [2.45, 2.75) is 31.7 Å². The number of imide groups is 1. The van der Waals surface area contributed by atoms with Gasteiger partial charge in [0.05, 0.1) is 29.8 Å². The van der Waals surface area contributed by atoms with E-state index in [1.165, 1.54) is 4.90 Å². The van der Waals surface area contributed by atoms with Gasteiger partial charge in [0.1, 0.15) is 5.75 Å². The minimum Gasteiger partial charge on any atom is -0.495 e. The molecule has 1 aromatic carbocycles. The molecule has 0 radical (unpaired) electrons. The van der Waals surface area contributed by atoms with Crippen LogP contribution in [0.5, 0.6) is 5.75 Å². The molecule has 180 valence electrons. The Hall–Kier alpha value is -3.07. The van der Waals surface area contributed by atoms with Crippen LogP contribution in [0.1, 0.15) is 31.2 Å². The number of benzene rings is 1. The van der Waals surface area contributed by atoms with Gasteiger partial charge in [0.2, 0.25) is 5.91 Å². The van der Waals surface area contributed by atoms with Crippen LogP contribution < -0.4 is 10.1 Å². The number of urea groups is 2. The topological polar surface area (TPSA) is 94.6 Å². The molecule has 2 fully saturated rings. The van der Waals surface area contributed by atoms with Crippen LogP contribution in [0, 0.1) is 11.8 Å². The molecule has 1 aliphatic carbocycles. The Bertz CT molecular complexity index is 1070. The molecule has 5 amide bonds. The predicted molar refractivity (Wildman–Crippen MR) is 127 cm³/mol. The van der Waals surface area contributed by atoms with Crippen molar-refractivity contribution in [2.24, 2.45) is 16.9 Å². The quantitative estimate of drug-likeness (QED) is 0.665. The first-order valence-electron chi connectivity index (χ1n) is 11.7. The summed E-state index contributed by atoms with van der Waals surface area (Å²) >= 11 is 6.40. The molecule has 0 bridgehead atoms. The van der Waals surface area contributed by atoms with Crippen molar-refractivity contribution in [3.8, 4) is 5.75 Å². The minimum atomic E-state index is -0.345. The Morgan fingerprint density at radius 3 is 2.50 bits per heavy atom. The van der Waals surface area contributed by atoms with E-state index in [9.17, 15) is 14.4 Å². The Kier molecular flexibility index (Phi) is 6.20. The Balaban J connectivity index is 1.37. The molecule has 0 spiro atoms. The number of amides is 5. The van der Waals surface area contributed by atoms with Gasteiger partial charge in [-0.05, 0) is 49.4 Å². The SMILES string of the molecule is COc1ccc(C2=NN(C3CCN(C(=O)N4CCNC4=O)CC3)C(=O)[C@H]3CC=CC[C@@H]23)cc1Cl. The second kappa shape index (κ2) is 9.29. The first-order valence-corrected chi connectivity index (χ1v) is 12.1. The van der Waals surface area contributed by atoms with Crippen LogP contribution in [0.2, 0.25) is 5.02 Å². The maximum Gasteiger partial charge on any atom is 0.328 e. The zero-order valence-electron chi connectivity index (χ0n) is 19.1. The highest BCUT2D eigenvalue weighted by Gasteiger charge is 2.43. The second-order valence-corrected chi connectivity index (χ2v) is 9.46. The van der Waals surface area contributed by atoms with Gasteiger partial charge in [-0.1, -0.05) is 23.8 Å². The van der Waals surface area contributed by atoms with Crippen molar-refractivity contribution in [2.75, 3.05) is 33.3 Å². The number of piperidine rings is 1. The predicted octanol–water partition coefficient (Wildman–Crippen LogP) is 3.09. The zero-order chi connectivity index (χ0) is 23.8. The van der Waals surface area contributed by atoms with Gasteiger partial charge in [-0.3, -0.25) is 4.79 Å². The fourth-order valence-corrected chi connectivity index (χ4v) is 5.54. The summed E-state index contributed by atoms with van der Waals surface area (Å²) in [6.45, 7) is 1.82. The molecule has 1 N–H and O–H groups in total. The fourth-order valence-electron chi connectivity index (χ4n) is 5.28. The number of allylic oxidation sites excluding steroid dienone is 2. The summed E-state index contributed by atoms with van der Waals surface area (Å²) in [6.07, 6.45) is 6.86. The average Bonchev–Trinajstić information content (AvgIpc) is 3.30. The van der Waals surface area contributed by atoms with Gasteiger partial charge < -0.3 is 15.0 Å². The number of ether oxygens (including phenoxy) is 1. The summed E-state index contributed by atoms with van der Waals surface area (Å²) in [7, 11) is 1.58. The van der Waals surface area contributed by atoms with Crippen molar-refractivity contribution in [1.82, 2.24) is 20.1 Å². The summed E-state index contributed by atoms with van der Waals surface area (Å²) in [5, 5.41) is 9.70. The number of nitrogens with one attached hydrogen (secondary N) is 1. The van der Waals surface area contributed by atoms with Crippen LogP contribution in [-0.4, -0.2) is 77.8 Å². The smallest absolute Gasteiger partial charge is 0.328 e. The van der Waals surface area contributed by atoms with Gasteiger partial charge in [-0.2, -0.15) is 5.10 Å². The first-order chi connectivity index (χ1) is 16.5. The Labute approximate surface area is 203 Å². The van der Waals surface area contributed by atoms with Crippen molar-refractivity contribution < 1.29 is 19.1 Å². The van der Waals surface area contributed by atoms with Crippen LogP contribution in [0.3, 0.4) is 0 Å². The van der Waals surface area contributed by atoms with E-state index in [0.717, 1.165) is 17.7 Å². The van der Waals surface area contributed by atoms with E-state index in [0.29, 0.717) is 56.2 Å². The number of methoxy groups -OCH3 is 1. The summed E-state index contributed by atoms with van der Waals surface area (Å²) in [6, 6.07) is 4.91. The molecule has 34 heavy (non-hydrogen) atoms. The number of carbonyl (C=O) groups is 3. The molecule has 2 saturated heterocycles. The molecule has 0 aromatic heterocycles. The number of hydrogen-bond donors (Lipinski definition) is 1. The Morgan fingerprint density at radius 1 is 1.12 bits per heavy atom. The molecule has 5 rings (SSSR count). The molecule has 4 aliphatic rings. The number of nitrogens with zero attached hydrogens (tertiary/aromatic N) is 4. The molecule has 2 atom stereocenters.